The van der Waals surface area contributed by atoms with Crippen molar-refractivity contribution in [1.29, 1.82) is 0 Å². The van der Waals surface area contributed by atoms with Gasteiger partial charge in [0, 0.05) is 127 Å². The summed E-state index contributed by atoms with van der Waals surface area (Å²) in [6.45, 7) is 17.7. The van der Waals surface area contributed by atoms with Crippen molar-refractivity contribution in [3.05, 3.63) is 308 Å². The number of aliphatic hydroxyl groups is 3. The van der Waals surface area contributed by atoms with E-state index >= 15 is 0 Å². The summed E-state index contributed by atoms with van der Waals surface area (Å²) < 4.78 is 45.5. The number of nitrogens with zero attached hydrogens (tertiary/aromatic N) is 6. The number of pyridine rings is 3. The molecule has 2 unspecified atom stereocenters. The summed E-state index contributed by atoms with van der Waals surface area (Å²) in [4.78, 5) is 23.0. The third kappa shape index (κ3) is 20.2. The van der Waals surface area contributed by atoms with Gasteiger partial charge in [0.2, 0.25) is 0 Å². The average molecular weight is 1770 g/mol. The number of hydrogen-bond acceptors (Lipinski definition) is 7. The van der Waals surface area contributed by atoms with Gasteiger partial charge >= 0.3 is 6.18 Å². The smallest absolute Gasteiger partial charge is 0.417 e. The average Bonchev–Trinajstić information content (AvgIpc) is 1.61. The molecule has 0 aliphatic heterocycles. The van der Waals surface area contributed by atoms with Crippen LogP contribution in [0.15, 0.2) is 279 Å². The third-order valence-corrected chi connectivity index (χ3v) is 17.5. The summed E-state index contributed by atoms with van der Waals surface area (Å²) >= 11 is 0. The van der Waals surface area contributed by atoms with Gasteiger partial charge < -0.3 is 34.0 Å². The number of ketones is 1. The number of alkyl halides is 3. The van der Waals surface area contributed by atoms with Crippen molar-refractivity contribution in [2.75, 3.05) is 0 Å². The van der Waals surface area contributed by atoms with Crippen LogP contribution in [0.3, 0.4) is 0 Å². The first-order valence-electron chi connectivity index (χ1n) is 35.2. The maximum Gasteiger partial charge on any atom is 0.417 e. The van der Waals surface area contributed by atoms with Gasteiger partial charge in [0.25, 0.3) is 0 Å². The summed E-state index contributed by atoms with van der Waals surface area (Å²) in [5.41, 5.74) is 17.1. The number of allylic oxidation sites excluding steroid dienone is 3. The largest absolute Gasteiger partial charge is 0.513 e. The minimum Gasteiger partial charge on any atom is -0.513 e. The number of rotatable bonds is 14. The summed E-state index contributed by atoms with van der Waals surface area (Å²) in [5.74, 6) is 0.807. The molecular weight excluding hydrogens is 1680 g/mol. The van der Waals surface area contributed by atoms with Gasteiger partial charge in [-0.2, -0.15) is 13.2 Å². The summed E-state index contributed by atoms with van der Waals surface area (Å²) in [5, 5.41) is 32.2. The maximum absolute atomic E-state index is 12.8. The fraction of sp³-hybridized carbons (Fsp3) is 0.187. The molecule has 0 bridgehead atoms. The molecular formula is C91H86F3Ir2N6O4-3. The molecule has 6 aromatic heterocycles. The Morgan fingerprint density at radius 3 is 1.47 bits per heavy atom. The Hall–Kier alpha value is -10.4. The molecule has 2 radical (unpaired) electrons. The van der Waals surface area contributed by atoms with E-state index in [1.807, 2.05) is 117 Å². The van der Waals surface area contributed by atoms with Crippen molar-refractivity contribution < 1.29 is 73.5 Å². The van der Waals surface area contributed by atoms with E-state index in [4.69, 9.17) is 15.3 Å². The second-order valence-electron chi connectivity index (χ2n) is 25.2. The van der Waals surface area contributed by atoms with E-state index in [1.54, 1.807) is 6.92 Å². The van der Waals surface area contributed by atoms with E-state index in [0.717, 1.165) is 91.0 Å². The summed E-state index contributed by atoms with van der Waals surface area (Å²) in [6.07, 6.45) is 7.27. The minimum absolute atomic E-state index is 0. The Labute approximate surface area is 646 Å². The Balaban J connectivity index is 0.000000181. The molecule has 0 saturated carbocycles. The molecule has 0 amide bonds. The van der Waals surface area contributed by atoms with Crippen LogP contribution in [0.2, 0.25) is 0 Å². The molecule has 9 aromatic carbocycles. The van der Waals surface area contributed by atoms with Gasteiger partial charge in [-0.3, -0.25) is 14.8 Å². The molecule has 0 aliphatic carbocycles. The number of hydrogen-bond donors (Lipinski definition) is 3. The molecule has 15 heteroatoms. The van der Waals surface area contributed by atoms with Crippen LogP contribution in [0.25, 0.3) is 122 Å². The molecule has 15 aromatic rings. The Bertz CT molecular complexity index is 5380. The third-order valence-electron chi connectivity index (χ3n) is 17.5. The van der Waals surface area contributed by atoms with E-state index in [0.29, 0.717) is 17.2 Å². The Morgan fingerprint density at radius 1 is 0.528 bits per heavy atom. The first-order chi connectivity index (χ1) is 50.4. The fourth-order valence-corrected chi connectivity index (χ4v) is 12.7. The predicted octanol–water partition coefficient (Wildman–Crippen LogP) is 24.0. The first kappa shape index (κ1) is 81.3. The quantitative estimate of drug-likeness (QED) is 0.0561. The molecule has 6 heterocycles. The second-order valence-corrected chi connectivity index (χ2v) is 25.2. The normalized spacial score (nSPS) is 11.8. The van der Waals surface area contributed by atoms with E-state index < -0.39 is 17.8 Å². The van der Waals surface area contributed by atoms with E-state index in [-0.39, 0.29) is 57.5 Å². The number of aliphatic hydroxyl groups excluding tert-OH is 3. The van der Waals surface area contributed by atoms with Gasteiger partial charge in [-0.1, -0.05) is 230 Å². The van der Waals surface area contributed by atoms with E-state index in [1.165, 1.54) is 109 Å². The topological polar surface area (TPSA) is 131 Å². The molecule has 3 N–H and O–H groups in total. The van der Waals surface area contributed by atoms with Crippen molar-refractivity contribution in [2.24, 2.45) is 5.92 Å². The van der Waals surface area contributed by atoms with E-state index in [2.05, 4.69) is 201 Å². The van der Waals surface area contributed by atoms with Crippen LogP contribution in [0.1, 0.15) is 92.2 Å². The van der Waals surface area contributed by atoms with Gasteiger partial charge in [-0.05, 0) is 130 Å². The zero-order chi connectivity index (χ0) is 73.9. The number of unbranched alkanes of at least 4 members (excludes halogenated alkanes) is 1. The monoisotopic (exact) mass is 1770 g/mol. The Kier molecular flexibility index (Phi) is 29.6. The number of fused-ring (bicyclic) bond motifs is 9. The predicted molar refractivity (Wildman–Crippen MR) is 422 cm³/mol. The number of benzene rings is 9. The molecule has 15 rings (SSSR count). The van der Waals surface area contributed by atoms with Crippen LogP contribution in [-0.2, 0) is 57.7 Å². The number of halogens is 3. The number of aromatic nitrogens is 6. The van der Waals surface area contributed by atoms with E-state index in [9.17, 15) is 18.0 Å². The SMILES string of the molecule is CC.CC(=O)C=C(C)O.CC(O)=CC(C)O.CCCCC(CC)Cn1c2ccccc2c2ccc(-c3c[c-]c(-c4ccccn4)cc3)cc21.Cc1ccc(-c2[c-]c3c4ccccc4n(-c4ccccc4)c3cc2)nc1.FC(F)(F)c1ccc(-c2[c-]c3c4ccccc4n(-c4ccccc4)c3cc2)nc1.[Ir].[Ir]. The second kappa shape index (κ2) is 38.6. The molecule has 546 valence electrons. The van der Waals surface area contributed by atoms with Crippen molar-refractivity contribution in [2.45, 2.75) is 107 Å². The van der Waals surface area contributed by atoms with Crippen molar-refractivity contribution in [3.8, 4) is 56.3 Å². The van der Waals surface area contributed by atoms with Crippen LogP contribution < -0.4 is 0 Å². The molecule has 0 saturated heterocycles. The number of carbonyl (C=O) groups excluding carboxylic acids is 1. The van der Waals surface area contributed by atoms with Gasteiger partial charge in [0.15, 0.2) is 5.78 Å². The molecule has 0 fully saturated rings. The van der Waals surface area contributed by atoms with Gasteiger partial charge in [0.1, 0.15) is 0 Å². The van der Waals surface area contributed by atoms with Crippen LogP contribution in [0, 0.1) is 31.0 Å². The van der Waals surface area contributed by atoms with Crippen molar-refractivity contribution >= 4 is 71.2 Å². The standard InChI is InChI=1S/C31H31N2.C24H14F3N2.C24H17N2.C5H10O2.C5H8O2.C2H6.2Ir/c1-3-5-10-23(4-2)22-33-30-13-7-6-11-27(30)28-19-18-26(21-31(28)33)24-14-16-25(17-15-24)29-12-8-9-20-32-29;25-24(26,27)17-11-12-21(28-15-17)16-10-13-23-20(14-16)19-8-4-5-9-22(19)29(23)18-6-2-1-3-7-18;1-17-11-13-22(25-16-17)18-12-14-24-21(15-18)20-9-5-6-10-23(20)26(24)19-7-3-2-4-8-19;2*1-4(6)3-5(2)7;1-2;;/h6-9,11-16,18-21,23H,3-5,10,22H2,1-2H3;1-13,15H;2-14,16H,1H3;3-4,6-7H,1-2H3;3,6H,1-2H3;1-2H3;;/q3*-1;;;;;. The first-order valence-corrected chi connectivity index (χ1v) is 35.2. The van der Waals surface area contributed by atoms with Crippen molar-refractivity contribution in [3.63, 3.8) is 0 Å². The molecule has 0 spiro atoms. The minimum atomic E-state index is -4.40. The van der Waals surface area contributed by atoms with Gasteiger partial charge in [-0.25, -0.2) is 0 Å². The van der Waals surface area contributed by atoms with Crippen LogP contribution in [-0.4, -0.2) is 55.9 Å². The molecule has 0 aliphatic rings. The molecule has 106 heavy (non-hydrogen) atoms. The van der Waals surface area contributed by atoms with Crippen LogP contribution in [0.4, 0.5) is 13.2 Å². The fourth-order valence-electron chi connectivity index (χ4n) is 12.7. The molecule has 2 atom stereocenters. The summed E-state index contributed by atoms with van der Waals surface area (Å²) in [6, 6.07) is 90.3. The maximum atomic E-state index is 12.8. The molecule has 10 nitrogen and oxygen atoms in total. The summed E-state index contributed by atoms with van der Waals surface area (Å²) in [7, 11) is 0. The van der Waals surface area contributed by atoms with Gasteiger partial charge in [-0.15, -0.1) is 66.2 Å². The van der Waals surface area contributed by atoms with Crippen molar-refractivity contribution in [1.82, 2.24) is 28.7 Å². The number of carbonyl (C=O) groups is 1. The zero-order valence-electron chi connectivity index (χ0n) is 60.8. The van der Waals surface area contributed by atoms with Gasteiger partial charge in [0.05, 0.1) is 23.2 Å². The zero-order valence-corrected chi connectivity index (χ0v) is 65.6. The Morgan fingerprint density at radius 2 is 1.03 bits per heavy atom. The number of para-hydroxylation sites is 5. The number of aryl methyl sites for hydroxylation is 1. The van der Waals surface area contributed by atoms with Crippen LogP contribution in [0.5, 0.6) is 0 Å². The van der Waals surface area contributed by atoms with Crippen LogP contribution >= 0.6 is 0 Å².